The summed E-state index contributed by atoms with van der Waals surface area (Å²) in [4.78, 5) is 16.0. The van der Waals surface area contributed by atoms with Crippen molar-refractivity contribution >= 4 is 6.03 Å². The molecule has 1 aromatic carbocycles. The fourth-order valence-corrected chi connectivity index (χ4v) is 2.66. The molecule has 2 aromatic rings. The highest BCUT2D eigenvalue weighted by Crippen LogP contribution is 2.32. The predicted octanol–water partition coefficient (Wildman–Crippen LogP) is 2.49. The predicted molar refractivity (Wildman–Crippen MR) is 93.8 cm³/mol. The summed E-state index contributed by atoms with van der Waals surface area (Å²) in [6.07, 6.45) is 7.15. The molecular weight excluding hydrogens is 320 g/mol. The number of amides is 2. The molecule has 7 heteroatoms. The molecule has 1 aliphatic rings. The molecule has 0 unspecified atom stereocenters. The maximum Gasteiger partial charge on any atom is 0.315 e. The molecule has 1 atom stereocenters. The van der Waals surface area contributed by atoms with E-state index >= 15 is 0 Å². The van der Waals surface area contributed by atoms with E-state index in [1.54, 1.807) is 12.5 Å². The number of ether oxygens (including phenoxy) is 2. The Morgan fingerprint density at radius 2 is 2.16 bits per heavy atom. The van der Waals surface area contributed by atoms with Gasteiger partial charge in [-0.25, -0.2) is 9.78 Å². The summed E-state index contributed by atoms with van der Waals surface area (Å²) < 4.78 is 13.3. The molecule has 2 N–H and O–H groups in total. The third-order valence-corrected chi connectivity index (χ3v) is 4.06. The molecule has 1 aliphatic heterocycles. The zero-order valence-electron chi connectivity index (χ0n) is 14.4. The number of imidazole rings is 1. The standard InChI is InChI=1S/C18H24N4O3/c1-14(15-4-5-16-17(12-15)25-11-3-10-24-16)21-18(23)20-6-2-8-22-9-7-19-13-22/h4-5,7,9,12-14H,2-3,6,8,10-11H2,1H3,(H2,20,21,23)/t14-/m1/s1. The molecule has 1 aromatic heterocycles. The lowest BCUT2D eigenvalue weighted by atomic mass is 10.1. The van der Waals surface area contributed by atoms with E-state index in [9.17, 15) is 4.79 Å². The van der Waals surface area contributed by atoms with E-state index in [1.807, 2.05) is 35.9 Å². The van der Waals surface area contributed by atoms with Gasteiger partial charge in [-0.15, -0.1) is 0 Å². The molecule has 134 valence electrons. The number of rotatable bonds is 6. The van der Waals surface area contributed by atoms with Crippen LogP contribution in [-0.2, 0) is 6.54 Å². The van der Waals surface area contributed by atoms with Crippen molar-refractivity contribution in [2.45, 2.75) is 32.4 Å². The molecule has 0 fully saturated rings. The zero-order chi connectivity index (χ0) is 17.5. The third-order valence-electron chi connectivity index (χ3n) is 4.06. The number of nitrogens with one attached hydrogen (secondary N) is 2. The van der Waals surface area contributed by atoms with E-state index in [2.05, 4.69) is 15.6 Å². The van der Waals surface area contributed by atoms with E-state index in [-0.39, 0.29) is 12.1 Å². The van der Waals surface area contributed by atoms with Gasteiger partial charge >= 0.3 is 6.03 Å². The van der Waals surface area contributed by atoms with Crippen LogP contribution in [-0.4, -0.2) is 35.3 Å². The van der Waals surface area contributed by atoms with Gasteiger partial charge in [0.25, 0.3) is 0 Å². The molecule has 25 heavy (non-hydrogen) atoms. The molecule has 0 saturated heterocycles. The molecule has 2 heterocycles. The average Bonchev–Trinajstić information content (AvgIpc) is 3.01. The van der Waals surface area contributed by atoms with Crippen molar-refractivity contribution in [3.63, 3.8) is 0 Å². The van der Waals surface area contributed by atoms with E-state index in [0.29, 0.717) is 19.8 Å². The fraction of sp³-hybridized carbons (Fsp3) is 0.444. The Labute approximate surface area is 147 Å². The highest BCUT2D eigenvalue weighted by molar-refractivity contribution is 5.74. The molecule has 2 amide bonds. The fourth-order valence-electron chi connectivity index (χ4n) is 2.66. The summed E-state index contributed by atoms with van der Waals surface area (Å²) >= 11 is 0. The number of nitrogens with zero attached hydrogens (tertiary/aromatic N) is 2. The Kier molecular flexibility index (Phi) is 5.77. The minimum absolute atomic E-state index is 0.120. The summed E-state index contributed by atoms with van der Waals surface area (Å²) in [5, 5.41) is 5.83. The lowest BCUT2D eigenvalue weighted by molar-refractivity contribution is 0.237. The highest BCUT2D eigenvalue weighted by Gasteiger charge is 2.15. The number of aryl methyl sites for hydroxylation is 1. The van der Waals surface area contributed by atoms with E-state index in [4.69, 9.17) is 9.47 Å². The van der Waals surface area contributed by atoms with E-state index in [1.165, 1.54) is 0 Å². The van der Waals surface area contributed by atoms with Crippen LogP contribution in [0.1, 0.15) is 31.4 Å². The molecule has 0 spiro atoms. The van der Waals surface area contributed by atoms with Gasteiger partial charge in [0.05, 0.1) is 25.6 Å². The molecule has 0 saturated carbocycles. The van der Waals surface area contributed by atoms with Crippen LogP contribution in [0.15, 0.2) is 36.9 Å². The summed E-state index contributed by atoms with van der Waals surface area (Å²) in [6, 6.07) is 5.50. The number of urea groups is 1. The second-order valence-corrected chi connectivity index (χ2v) is 6.03. The van der Waals surface area contributed by atoms with Crippen LogP contribution in [0.5, 0.6) is 11.5 Å². The first-order valence-corrected chi connectivity index (χ1v) is 8.62. The first kappa shape index (κ1) is 17.1. The summed E-state index contributed by atoms with van der Waals surface area (Å²) in [5.41, 5.74) is 0.984. The summed E-state index contributed by atoms with van der Waals surface area (Å²) in [5.74, 6) is 1.50. The SMILES string of the molecule is C[C@@H](NC(=O)NCCCn1ccnc1)c1ccc2c(c1)OCCCO2. The summed E-state index contributed by atoms with van der Waals surface area (Å²) in [7, 11) is 0. The quantitative estimate of drug-likeness (QED) is 0.789. The minimum Gasteiger partial charge on any atom is -0.490 e. The lowest BCUT2D eigenvalue weighted by Gasteiger charge is -2.17. The Morgan fingerprint density at radius 1 is 1.32 bits per heavy atom. The van der Waals surface area contributed by atoms with Crippen molar-refractivity contribution in [3.05, 3.63) is 42.5 Å². The lowest BCUT2D eigenvalue weighted by Crippen LogP contribution is -2.37. The maximum atomic E-state index is 12.0. The topological polar surface area (TPSA) is 77.4 Å². The van der Waals surface area contributed by atoms with Crippen molar-refractivity contribution in [2.24, 2.45) is 0 Å². The van der Waals surface area contributed by atoms with Gasteiger partial charge < -0.3 is 24.7 Å². The average molecular weight is 344 g/mol. The number of hydrogen-bond donors (Lipinski definition) is 2. The molecule has 0 bridgehead atoms. The van der Waals surface area contributed by atoms with Gasteiger partial charge in [0.1, 0.15) is 0 Å². The van der Waals surface area contributed by atoms with Crippen LogP contribution in [0.25, 0.3) is 0 Å². The van der Waals surface area contributed by atoms with Gasteiger partial charge in [-0.05, 0) is 31.0 Å². The number of carbonyl (C=O) groups excluding carboxylic acids is 1. The van der Waals surface area contributed by atoms with Gasteiger partial charge in [0.15, 0.2) is 11.5 Å². The van der Waals surface area contributed by atoms with Crippen LogP contribution < -0.4 is 20.1 Å². The van der Waals surface area contributed by atoms with Gasteiger partial charge in [0, 0.05) is 31.9 Å². The Morgan fingerprint density at radius 3 is 2.96 bits per heavy atom. The van der Waals surface area contributed by atoms with Crippen LogP contribution >= 0.6 is 0 Å². The molecule has 0 radical (unpaired) electrons. The van der Waals surface area contributed by atoms with Crippen molar-refractivity contribution in [3.8, 4) is 11.5 Å². The monoisotopic (exact) mass is 344 g/mol. The van der Waals surface area contributed by atoms with Crippen molar-refractivity contribution in [1.29, 1.82) is 0 Å². The van der Waals surface area contributed by atoms with Gasteiger partial charge in [-0.3, -0.25) is 0 Å². The maximum absolute atomic E-state index is 12.0. The van der Waals surface area contributed by atoms with Crippen molar-refractivity contribution in [1.82, 2.24) is 20.2 Å². The highest BCUT2D eigenvalue weighted by atomic mass is 16.5. The molecular formula is C18H24N4O3. The van der Waals surface area contributed by atoms with Crippen molar-refractivity contribution < 1.29 is 14.3 Å². The van der Waals surface area contributed by atoms with Gasteiger partial charge in [-0.2, -0.15) is 0 Å². The largest absolute Gasteiger partial charge is 0.490 e. The van der Waals surface area contributed by atoms with Crippen LogP contribution in [0, 0.1) is 0 Å². The Hall–Kier alpha value is -2.70. The van der Waals surface area contributed by atoms with E-state index in [0.717, 1.165) is 36.4 Å². The van der Waals surface area contributed by atoms with Gasteiger partial charge in [0.2, 0.25) is 0 Å². The molecule has 0 aliphatic carbocycles. The Balaban J connectivity index is 1.45. The molecule has 3 rings (SSSR count). The summed E-state index contributed by atoms with van der Waals surface area (Å²) in [6.45, 7) is 4.71. The Bertz CT molecular complexity index is 688. The number of carbonyl (C=O) groups is 1. The smallest absolute Gasteiger partial charge is 0.315 e. The minimum atomic E-state index is -0.176. The van der Waals surface area contributed by atoms with Crippen molar-refractivity contribution in [2.75, 3.05) is 19.8 Å². The van der Waals surface area contributed by atoms with Gasteiger partial charge in [-0.1, -0.05) is 6.07 Å². The number of hydrogen-bond acceptors (Lipinski definition) is 4. The van der Waals surface area contributed by atoms with Crippen LogP contribution in [0.3, 0.4) is 0 Å². The third kappa shape index (κ3) is 4.89. The first-order valence-electron chi connectivity index (χ1n) is 8.62. The number of fused-ring (bicyclic) bond motifs is 1. The molecule has 7 nitrogen and oxygen atoms in total. The normalized spacial score (nSPS) is 14.4. The number of aromatic nitrogens is 2. The zero-order valence-corrected chi connectivity index (χ0v) is 14.4. The second kappa shape index (κ2) is 8.41. The number of benzene rings is 1. The van der Waals surface area contributed by atoms with E-state index < -0.39 is 0 Å². The van der Waals surface area contributed by atoms with Crippen LogP contribution in [0.2, 0.25) is 0 Å². The first-order chi connectivity index (χ1) is 12.2. The second-order valence-electron chi connectivity index (χ2n) is 6.03. The van der Waals surface area contributed by atoms with Crippen LogP contribution in [0.4, 0.5) is 4.79 Å².